The van der Waals surface area contributed by atoms with Crippen molar-refractivity contribution < 1.29 is 31.5 Å². The SMILES string of the molecule is C/C=C\[C@H](OC(=O)c1c(F)c(F)c(F)c(F)c1F)[Si](C)(C)C(C)(C)C. The van der Waals surface area contributed by atoms with Gasteiger partial charge in [-0.1, -0.05) is 46.0 Å². The van der Waals surface area contributed by atoms with Gasteiger partial charge in [0.2, 0.25) is 5.82 Å². The Morgan fingerprint density at radius 1 is 0.960 bits per heavy atom. The standard InChI is InChI=1S/C17H21F5O2Si/c1-7-8-9(25(5,6)17(2,3)4)24-16(23)10-11(18)13(20)15(22)14(21)12(10)19/h7-9H,1-6H3/b8-7-/t9-/m1/s1. The lowest BCUT2D eigenvalue weighted by Gasteiger charge is -2.41. The van der Waals surface area contributed by atoms with Gasteiger partial charge in [-0.05, 0) is 12.0 Å². The van der Waals surface area contributed by atoms with Crippen LogP contribution in [0.15, 0.2) is 12.2 Å². The predicted molar refractivity (Wildman–Crippen MR) is 87.4 cm³/mol. The molecular formula is C17H21F5O2Si. The average Bonchev–Trinajstić information content (AvgIpc) is 2.49. The molecule has 0 amide bonds. The maximum atomic E-state index is 13.8. The zero-order chi connectivity index (χ0) is 19.7. The first kappa shape index (κ1) is 21.3. The van der Waals surface area contributed by atoms with Crippen molar-refractivity contribution >= 4 is 14.0 Å². The second kappa shape index (κ2) is 7.27. The molecule has 1 rings (SSSR count). The van der Waals surface area contributed by atoms with Crippen molar-refractivity contribution in [1.82, 2.24) is 0 Å². The quantitative estimate of drug-likeness (QED) is 0.171. The molecule has 1 aromatic rings. The number of rotatable bonds is 4. The van der Waals surface area contributed by atoms with Crippen molar-refractivity contribution in [3.05, 3.63) is 46.8 Å². The Morgan fingerprint density at radius 2 is 1.36 bits per heavy atom. The normalized spacial score (nSPS) is 14.0. The van der Waals surface area contributed by atoms with Gasteiger partial charge in [0.15, 0.2) is 23.3 Å². The summed E-state index contributed by atoms with van der Waals surface area (Å²) in [4.78, 5) is 12.2. The molecule has 0 radical (unpaired) electrons. The summed E-state index contributed by atoms with van der Waals surface area (Å²) >= 11 is 0. The molecule has 0 N–H and O–H groups in total. The first-order valence-corrected chi connectivity index (χ1v) is 10.7. The van der Waals surface area contributed by atoms with E-state index in [1.165, 1.54) is 0 Å². The summed E-state index contributed by atoms with van der Waals surface area (Å²) in [7, 11) is -2.36. The number of ether oxygens (including phenoxy) is 1. The molecule has 8 heteroatoms. The molecule has 0 saturated heterocycles. The van der Waals surface area contributed by atoms with E-state index in [2.05, 4.69) is 0 Å². The van der Waals surface area contributed by atoms with E-state index in [1.54, 1.807) is 19.1 Å². The predicted octanol–water partition coefficient (Wildman–Crippen LogP) is 5.53. The molecule has 25 heavy (non-hydrogen) atoms. The molecule has 1 atom stereocenters. The molecule has 0 aliphatic carbocycles. The maximum absolute atomic E-state index is 13.8. The van der Waals surface area contributed by atoms with Crippen LogP contribution in [-0.2, 0) is 4.74 Å². The van der Waals surface area contributed by atoms with E-state index in [9.17, 15) is 26.7 Å². The Balaban J connectivity index is 3.38. The highest BCUT2D eigenvalue weighted by Gasteiger charge is 2.44. The van der Waals surface area contributed by atoms with Gasteiger partial charge in [-0.2, -0.15) is 0 Å². The molecule has 0 aliphatic rings. The fraction of sp³-hybridized carbons (Fsp3) is 0.471. The highest BCUT2D eigenvalue weighted by molar-refractivity contribution is 6.81. The van der Waals surface area contributed by atoms with Gasteiger partial charge in [0.05, 0.1) is 0 Å². The Bertz CT molecular complexity index is 679. The van der Waals surface area contributed by atoms with Crippen molar-refractivity contribution in [2.75, 3.05) is 0 Å². The molecule has 0 spiro atoms. The topological polar surface area (TPSA) is 26.3 Å². The lowest BCUT2D eigenvalue weighted by atomic mass is 10.1. The second-order valence-electron chi connectivity index (χ2n) is 7.27. The largest absolute Gasteiger partial charge is 0.458 e. The summed E-state index contributed by atoms with van der Waals surface area (Å²) in [6.45, 7) is 11.3. The molecule has 0 heterocycles. The molecule has 0 fully saturated rings. The van der Waals surface area contributed by atoms with E-state index in [1.807, 2.05) is 33.9 Å². The van der Waals surface area contributed by atoms with Gasteiger partial charge in [0.1, 0.15) is 19.4 Å². The van der Waals surface area contributed by atoms with Crippen molar-refractivity contribution in [3.8, 4) is 0 Å². The molecule has 0 bridgehead atoms. The van der Waals surface area contributed by atoms with Crippen LogP contribution in [-0.4, -0.2) is 19.8 Å². The minimum atomic E-state index is -2.36. The minimum absolute atomic E-state index is 0.256. The fourth-order valence-electron chi connectivity index (χ4n) is 1.99. The van der Waals surface area contributed by atoms with E-state index in [-0.39, 0.29) is 5.04 Å². The second-order valence-corrected chi connectivity index (χ2v) is 12.8. The van der Waals surface area contributed by atoms with E-state index in [0.29, 0.717) is 0 Å². The monoisotopic (exact) mass is 380 g/mol. The smallest absolute Gasteiger partial charge is 0.344 e. The molecule has 0 aliphatic heterocycles. The van der Waals surface area contributed by atoms with E-state index in [4.69, 9.17) is 4.74 Å². The zero-order valence-corrected chi connectivity index (χ0v) is 15.9. The number of halogens is 5. The van der Waals surface area contributed by atoms with Crippen molar-refractivity contribution in [3.63, 3.8) is 0 Å². The highest BCUT2D eigenvalue weighted by atomic mass is 28.3. The lowest BCUT2D eigenvalue weighted by Crippen LogP contribution is -2.50. The third-order valence-corrected chi connectivity index (χ3v) is 10.3. The van der Waals surface area contributed by atoms with Crippen molar-refractivity contribution in [2.45, 2.75) is 51.6 Å². The third-order valence-electron chi connectivity index (χ3n) is 4.66. The van der Waals surface area contributed by atoms with Crippen LogP contribution >= 0.6 is 0 Å². The minimum Gasteiger partial charge on any atom is -0.458 e. The van der Waals surface area contributed by atoms with Crippen LogP contribution in [0.4, 0.5) is 22.0 Å². The number of hydrogen-bond donors (Lipinski definition) is 0. The summed E-state index contributed by atoms with van der Waals surface area (Å²) in [5, 5.41) is -0.256. The summed E-state index contributed by atoms with van der Waals surface area (Å²) in [6, 6.07) is 0. The number of benzene rings is 1. The molecule has 140 valence electrons. The Hall–Kier alpha value is -1.70. The van der Waals surface area contributed by atoms with Crippen LogP contribution in [0.5, 0.6) is 0 Å². The molecule has 0 unspecified atom stereocenters. The molecule has 2 nitrogen and oxygen atoms in total. The number of carbonyl (C=O) groups is 1. The maximum Gasteiger partial charge on any atom is 0.344 e. The Morgan fingerprint density at radius 3 is 1.72 bits per heavy atom. The summed E-state index contributed by atoms with van der Waals surface area (Å²) in [6.07, 6.45) is 3.17. The first-order chi connectivity index (χ1) is 11.3. The third kappa shape index (κ3) is 3.94. The van der Waals surface area contributed by atoms with Gasteiger partial charge >= 0.3 is 5.97 Å². The van der Waals surface area contributed by atoms with Gasteiger partial charge in [0, 0.05) is 0 Å². The Kier molecular flexibility index (Phi) is 6.21. The van der Waals surface area contributed by atoms with Crippen LogP contribution in [0.25, 0.3) is 0 Å². The summed E-state index contributed by atoms with van der Waals surface area (Å²) in [5.74, 6) is -12.7. The van der Waals surface area contributed by atoms with Gasteiger partial charge in [-0.25, -0.2) is 26.7 Å². The van der Waals surface area contributed by atoms with Crippen LogP contribution in [0.1, 0.15) is 38.1 Å². The molecule has 0 aromatic heterocycles. The average molecular weight is 380 g/mol. The van der Waals surface area contributed by atoms with Crippen LogP contribution in [0, 0.1) is 29.1 Å². The highest BCUT2D eigenvalue weighted by Crippen LogP contribution is 2.40. The van der Waals surface area contributed by atoms with Gasteiger partial charge in [-0.3, -0.25) is 0 Å². The van der Waals surface area contributed by atoms with E-state index < -0.39 is 54.4 Å². The van der Waals surface area contributed by atoms with Gasteiger partial charge < -0.3 is 4.74 Å². The van der Waals surface area contributed by atoms with Crippen LogP contribution < -0.4 is 0 Å². The molecule has 1 aromatic carbocycles. The Labute approximate surface area is 144 Å². The lowest BCUT2D eigenvalue weighted by molar-refractivity contribution is 0.0469. The summed E-state index contributed by atoms with van der Waals surface area (Å²) in [5.41, 5.74) is -2.38. The van der Waals surface area contributed by atoms with Crippen molar-refractivity contribution in [1.29, 1.82) is 0 Å². The van der Waals surface area contributed by atoms with Gasteiger partial charge in [0.25, 0.3) is 0 Å². The van der Waals surface area contributed by atoms with Crippen LogP contribution in [0.3, 0.4) is 0 Å². The van der Waals surface area contributed by atoms with E-state index in [0.717, 1.165) is 0 Å². The number of esters is 1. The molecule has 0 saturated carbocycles. The van der Waals surface area contributed by atoms with E-state index >= 15 is 0 Å². The molecular weight excluding hydrogens is 359 g/mol. The van der Waals surface area contributed by atoms with Crippen molar-refractivity contribution in [2.24, 2.45) is 0 Å². The zero-order valence-electron chi connectivity index (χ0n) is 14.9. The van der Waals surface area contributed by atoms with Gasteiger partial charge in [-0.15, -0.1) is 0 Å². The fourth-order valence-corrected chi connectivity index (χ4v) is 3.92. The number of hydrogen-bond acceptors (Lipinski definition) is 2. The first-order valence-electron chi connectivity index (χ1n) is 7.62. The van der Waals surface area contributed by atoms with Crippen LogP contribution in [0.2, 0.25) is 18.1 Å². The number of carbonyl (C=O) groups excluding carboxylic acids is 1. The summed E-state index contributed by atoms with van der Waals surface area (Å²) < 4.78 is 72.5. The number of allylic oxidation sites excluding steroid dienone is 1.